The molecule has 204 valence electrons. The summed E-state index contributed by atoms with van der Waals surface area (Å²) in [5.41, 5.74) is 3.51. The number of ether oxygens (including phenoxy) is 1. The van der Waals surface area contributed by atoms with Gasteiger partial charge in [-0.3, -0.25) is 4.79 Å². The van der Waals surface area contributed by atoms with E-state index in [0.717, 1.165) is 53.9 Å². The van der Waals surface area contributed by atoms with E-state index in [9.17, 15) is 4.79 Å². The molecule has 0 spiro atoms. The molecule has 0 N–H and O–H groups in total. The van der Waals surface area contributed by atoms with Crippen LogP contribution >= 0.6 is 0 Å². The lowest BCUT2D eigenvalue weighted by Gasteiger charge is -2.58. The number of fused-ring (bicyclic) bond motifs is 5. The van der Waals surface area contributed by atoms with E-state index >= 15 is 0 Å². The minimum Gasteiger partial charge on any atom is -0.462 e. The molecule has 3 saturated carbocycles. The second kappa shape index (κ2) is 10.9. The lowest BCUT2D eigenvalue weighted by molar-refractivity contribution is -0.150. The topological polar surface area (TPSA) is 26.3 Å². The van der Waals surface area contributed by atoms with Gasteiger partial charge in [0.25, 0.3) is 0 Å². The van der Waals surface area contributed by atoms with Gasteiger partial charge in [-0.25, -0.2) is 0 Å². The molecule has 2 nitrogen and oxygen atoms in total. The first kappa shape index (κ1) is 27.0. The molecule has 0 aromatic heterocycles. The van der Waals surface area contributed by atoms with Crippen LogP contribution in [0.5, 0.6) is 0 Å². The predicted molar refractivity (Wildman–Crippen MR) is 153 cm³/mol. The van der Waals surface area contributed by atoms with E-state index in [1.807, 2.05) is 30.3 Å². The highest BCUT2D eigenvalue weighted by Crippen LogP contribution is 2.67. The fourth-order valence-corrected chi connectivity index (χ4v) is 9.74. The van der Waals surface area contributed by atoms with Gasteiger partial charge in [0.2, 0.25) is 0 Å². The number of carbonyl (C=O) groups is 1. The summed E-state index contributed by atoms with van der Waals surface area (Å²) in [7, 11) is 0. The molecule has 8 atom stereocenters. The Hall–Kier alpha value is -1.57. The molecule has 0 aliphatic heterocycles. The van der Waals surface area contributed by atoms with Crippen LogP contribution in [-0.2, 0) is 16.0 Å². The first-order valence-corrected chi connectivity index (χ1v) is 15.6. The van der Waals surface area contributed by atoms with Gasteiger partial charge in [-0.05, 0) is 96.8 Å². The van der Waals surface area contributed by atoms with Crippen LogP contribution in [0.3, 0.4) is 0 Å². The van der Waals surface area contributed by atoms with Crippen molar-refractivity contribution in [3.05, 3.63) is 47.5 Å². The third-order valence-corrected chi connectivity index (χ3v) is 11.7. The minimum atomic E-state index is -0.0676. The summed E-state index contributed by atoms with van der Waals surface area (Å²) in [4.78, 5) is 12.7. The first-order chi connectivity index (χ1) is 17.7. The van der Waals surface area contributed by atoms with Gasteiger partial charge in [-0.1, -0.05) is 95.9 Å². The van der Waals surface area contributed by atoms with Crippen LogP contribution < -0.4 is 0 Å². The van der Waals surface area contributed by atoms with Gasteiger partial charge in [-0.15, -0.1) is 0 Å². The number of hydrogen-bond acceptors (Lipinski definition) is 2. The Labute approximate surface area is 227 Å². The molecule has 0 unspecified atom stereocenters. The standard InChI is InChI=1S/C35H52O2/c1-24(2)10-9-11-25(3)30-16-17-31-29-15-14-27-23-28(37-33(36)22-26-12-7-6-8-13-26)18-20-34(27,4)32(29)19-21-35(30,31)5/h6-8,12-14,24-25,28-32H,9-11,15-23H2,1-5H3/t25-,28+,29+,30-,31+,32+,34+,35-/m1/s1. The molecule has 1 aromatic rings. The molecule has 0 saturated heterocycles. The zero-order chi connectivity index (χ0) is 26.2. The number of benzene rings is 1. The fourth-order valence-electron chi connectivity index (χ4n) is 9.74. The van der Waals surface area contributed by atoms with Gasteiger partial charge in [-0.2, -0.15) is 0 Å². The number of rotatable bonds is 8. The maximum absolute atomic E-state index is 12.7. The van der Waals surface area contributed by atoms with Crippen molar-refractivity contribution in [1.82, 2.24) is 0 Å². The molecule has 0 heterocycles. The van der Waals surface area contributed by atoms with Crippen molar-refractivity contribution in [2.45, 2.75) is 118 Å². The van der Waals surface area contributed by atoms with Gasteiger partial charge in [0.1, 0.15) is 6.10 Å². The van der Waals surface area contributed by atoms with Crippen LogP contribution in [0, 0.1) is 46.3 Å². The van der Waals surface area contributed by atoms with Crippen LogP contribution in [0.25, 0.3) is 0 Å². The third kappa shape index (κ3) is 5.33. The molecule has 4 aliphatic rings. The van der Waals surface area contributed by atoms with Gasteiger partial charge in [0, 0.05) is 6.42 Å². The van der Waals surface area contributed by atoms with Crippen LogP contribution in [0.2, 0.25) is 0 Å². The lowest BCUT2D eigenvalue weighted by Crippen LogP contribution is -2.51. The largest absolute Gasteiger partial charge is 0.462 e. The van der Waals surface area contributed by atoms with E-state index in [1.54, 1.807) is 5.57 Å². The van der Waals surface area contributed by atoms with Crippen molar-refractivity contribution in [1.29, 1.82) is 0 Å². The second-order valence-electron chi connectivity index (χ2n) is 14.3. The molecule has 0 radical (unpaired) electrons. The third-order valence-electron chi connectivity index (χ3n) is 11.7. The maximum Gasteiger partial charge on any atom is 0.310 e. The lowest BCUT2D eigenvalue weighted by atomic mass is 9.47. The maximum atomic E-state index is 12.7. The first-order valence-electron chi connectivity index (χ1n) is 15.6. The van der Waals surface area contributed by atoms with Crippen molar-refractivity contribution < 1.29 is 9.53 Å². The van der Waals surface area contributed by atoms with Crippen molar-refractivity contribution in [2.24, 2.45) is 46.3 Å². The Bertz CT molecular complexity index is 963. The Morgan fingerprint density at radius 3 is 2.51 bits per heavy atom. The Balaban J connectivity index is 1.22. The van der Waals surface area contributed by atoms with Crippen molar-refractivity contribution in [3.63, 3.8) is 0 Å². The number of esters is 1. The van der Waals surface area contributed by atoms with Gasteiger partial charge < -0.3 is 4.74 Å². The van der Waals surface area contributed by atoms with Crippen LogP contribution in [-0.4, -0.2) is 12.1 Å². The summed E-state index contributed by atoms with van der Waals surface area (Å²) in [5.74, 6) is 5.14. The predicted octanol–water partition coefficient (Wildman–Crippen LogP) is 9.18. The van der Waals surface area contributed by atoms with Crippen molar-refractivity contribution in [3.8, 4) is 0 Å². The molecular formula is C35H52O2. The molecule has 0 bridgehead atoms. The van der Waals surface area contributed by atoms with E-state index in [2.05, 4.69) is 40.7 Å². The molecular weight excluding hydrogens is 452 g/mol. The van der Waals surface area contributed by atoms with E-state index in [4.69, 9.17) is 4.74 Å². The van der Waals surface area contributed by atoms with Crippen LogP contribution in [0.1, 0.15) is 111 Å². The smallest absolute Gasteiger partial charge is 0.310 e. The highest BCUT2D eigenvalue weighted by Gasteiger charge is 2.59. The summed E-state index contributed by atoms with van der Waals surface area (Å²) in [6.45, 7) is 12.6. The van der Waals surface area contributed by atoms with E-state index < -0.39 is 0 Å². The Morgan fingerprint density at radius 1 is 0.973 bits per heavy atom. The minimum absolute atomic E-state index is 0.0588. The summed E-state index contributed by atoms with van der Waals surface area (Å²) < 4.78 is 6.02. The summed E-state index contributed by atoms with van der Waals surface area (Å²) in [6, 6.07) is 10.0. The van der Waals surface area contributed by atoms with Crippen molar-refractivity contribution in [2.75, 3.05) is 0 Å². The van der Waals surface area contributed by atoms with E-state index in [0.29, 0.717) is 17.3 Å². The van der Waals surface area contributed by atoms with Crippen LogP contribution in [0.4, 0.5) is 0 Å². The normalized spacial score (nSPS) is 37.8. The number of allylic oxidation sites excluding steroid dienone is 1. The molecule has 4 aliphatic carbocycles. The zero-order valence-corrected chi connectivity index (χ0v) is 24.3. The van der Waals surface area contributed by atoms with E-state index in [-0.39, 0.29) is 12.1 Å². The summed E-state index contributed by atoms with van der Waals surface area (Å²) in [5, 5.41) is 0. The molecule has 37 heavy (non-hydrogen) atoms. The molecule has 1 aromatic carbocycles. The van der Waals surface area contributed by atoms with Gasteiger partial charge in [0.05, 0.1) is 6.42 Å². The zero-order valence-electron chi connectivity index (χ0n) is 24.3. The molecule has 0 amide bonds. The summed E-state index contributed by atoms with van der Waals surface area (Å²) >= 11 is 0. The molecule has 5 rings (SSSR count). The number of carbonyl (C=O) groups excluding carboxylic acids is 1. The highest BCUT2D eigenvalue weighted by molar-refractivity contribution is 5.72. The average Bonchev–Trinajstić information content (AvgIpc) is 3.22. The SMILES string of the molecule is CC(C)CCC[C@@H](C)[C@H]1CC[C@H]2[C@@H]3CC=C4C[C@@H](OC(=O)Cc5ccccc5)CC[C@]4(C)[C@H]3CC[C@]12C. The monoisotopic (exact) mass is 504 g/mol. The van der Waals surface area contributed by atoms with E-state index in [1.165, 1.54) is 57.8 Å². The average molecular weight is 505 g/mol. The van der Waals surface area contributed by atoms with Gasteiger partial charge >= 0.3 is 5.97 Å². The fraction of sp³-hybridized carbons (Fsp3) is 0.743. The molecule has 2 heteroatoms. The quantitative estimate of drug-likeness (QED) is 0.260. The Morgan fingerprint density at radius 2 is 1.76 bits per heavy atom. The molecule has 3 fully saturated rings. The second-order valence-corrected chi connectivity index (χ2v) is 14.3. The summed E-state index contributed by atoms with van der Waals surface area (Å²) in [6.07, 6.45) is 17.4. The van der Waals surface area contributed by atoms with Crippen LogP contribution in [0.15, 0.2) is 42.0 Å². The Kier molecular flexibility index (Phi) is 7.95. The highest BCUT2D eigenvalue weighted by atomic mass is 16.5. The number of hydrogen-bond donors (Lipinski definition) is 0. The van der Waals surface area contributed by atoms with Gasteiger partial charge in [0.15, 0.2) is 0 Å². The van der Waals surface area contributed by atoms with Crippen molar-refractivity contribution >= 4 is 5.97 Å².